The van der Waals surface area contributed by atoms with Crippen LogP contribution in [0.15, 0.2) is 18.2 Å². The van der Waals surface area contributed by atoms with Gasteiger partial charge in [0.25, 0.3) is 0 Å². The molecule has 1 heterocycles. The Morgan fingerprint density at radius 2 is 2.06 bits per heavy atom. The van der Waals surface area contributed by atoms with Gasteiger partial charge in [-0.2, -0.15) is 0 Å². The first-order valence-corrected chi connectivity index (χ1v) is 6.86. The van der Waals surface area contributed by atoms with Crippen molar-refractivity contribution in [2.24, 2.45) is 5.73 Å². The summed E-state index contributed by atoms with van der Waals surface area (Å²) in [5.74, 6) is 0.961. The lowest BCUT2D eigenvalue weighted by molar-refractivity contribution is 0.237. The molecule has 18 heavy (non-hydrogen) atoms. The van der Waals surface area contributed by atoms with Crippen molar-refractivity contribution in [3.8, 4) is 5.75 Å². The molecule has 1 saturated carbocycles. The first-order chi connectivity index (χ1) is 8.70. The van der Waals surface area contributed by atoms with Crippen LogP contribution in [0.2, 0.25) is 0 Å². The van der Waals surface area contributed by atoms with Crippen LogP contribution in [-0.4, -0.2) is 30.6 Å². The SMILES string of the molecule is COc1ccc(C2C(N)CCN2C2CC2)cc1C. The molecule has 0 amide bonds. The molecule has 0 radical (unpaired) electrons. The van der Waals surface area contributed by atoms with E-state index in [2.05, 4.69) is 30.0 Å². The van der Waals surface area contributed by atoms with Gasteiger partial charge in [0.2, 0.25) is 0 Å². The Balaban J connectivity index is 1.89. The predicted molar refractivity (Wildman–Crippen MR) is 72.8 cm³/mol. The van der Waals surface area contributed by atoms with Gasteiger partial charge in [-0.15, -0.1) is 0 Å². The average Bonchev–Trinajstić information content (AvgIpc) is 3.13. The highest BCUT2D eigenvalue weighted by Gasteiger charge is 2.41. The van der Waals surface area contributed by atoms with Crippen molar-refractivity contribution in [1.29, 1.82) is 0 Å². The summed E-state index contributed by atoms with van der Waals surface area (Å²) in [5.41, 5.74) is 8.87. The molecule has 0 bridgehead atoms. The van der Waals surface area contributed by atoms with Gasteiger partial charge < -0.3 is 10.5 Å². The lowest BCUT2D eigenvalue weighted by atomic mass is 9.98. The van der Waals surface area contributed by atoms with Gasteiger partial charge in [-0.25, -0.2) is 0 Å². The molecule has 2 aliphatic rings. The Kier molecular flexibility index (Phi) is 3.04. The van der Waals surface area contributed by atoms with Crippen molar-refractivity contribution in [1.82, 2.24) is 4.90 Å². The van der Waals surface area contributed by atoms with Gasteiger partial charge in [0.1, 0.15) is 5.75 Å². The summed E-state index contributed by atoms with van der Waals surface area (Å²) in [7, 11) is 1.72. The van der Waals surface area contributed by atoms with Crippen molar-refractivity contribution < 1.29 is 4.74 Å². The maximum atomic E-state index is 6.31. The van der Waals surface area contributed by atoms with Gasteiger partial charge in [-0.05, 0) is 43.4 Å². The number of likely N-dealkylation sites (tertiary alicyclic amines) is 1. The standard InChI is InChI=1S/C15H22N2O/c1-10-9-11(3-6-14(10)18-2)15-13(16)7-8-17(15)12-4-5-12/h3,6,9,12-13,15H,4-5,7-8,16H2,1-2H3. The fraction of sp³-hybridized carbons (Fsp3) is 0.600. The van der Waals surface area contributed by atoms with Gasteiger partial charge in [0.15, 0.2) is 0 Å². The molecule has 1 aliphatic heterocycles. The second-order valence-corrected chi connectivity index (χ2v) is 5.60. The molecule has 0 spiro atoms. The van der Waals surface area contributed by atoms with Crippen LogP contribution in [0.5, 0.6) is 5.75 Å². The quantitative estimate of drug-likeness (QED) is 0.889. The number of nitrogens with two attached hydrogens (primary N) is 1. The van der Waals surface area contributed by atoms with E-state index in [1.54, 1.807) is 7.11 Å². The monoisotopic (exact) mass is 246 g/mol. The van der Waals surface area contributed by atoms with Gasteiger partial charge in [-0.3, -0.25) is 4.90 Å². The number of hydrogen-bond acceptors (Lipinski definition) is 3. The molecule has 3 rings (SSSR count). The van der Waals surface area contributed by atoms with Gasteiger partial charge in [0.05, 0.1) is 13.2 Å². The molecule has 2 N–H and O–H groups in total. The largest absolute Gasteiger partial charge is 0.496 e. The van der Waals surface area contributed by atoms with Crippen LogP contribution < -0.4 is 10.5 Å². The fourth-order valence-electron chi connectivity index (χ4n) is 3.18. The predicted octanol–water partition coefficient (Wildman–Crippen LogP) is 2.24. The zero-order chi connectivity index (χ0) is 12.7. The molecule has 2 unspecified atom stereocenters. The van der Waals surface area contributed by atoms with Crippen LogP contribution in [0.4, 0.5) is 0 Å². The van der Waals surface area contributed by atoms with Gasteiger partial charge in [0, 0.05) is 18.6 Å². The highest BCUT2D eigenvalue weighted by molar-refractivity contribution is 5.38. The highest BCUT2D eigenvalue weighted by Crippen LogP contribution is 2.41. The van der Waals surface area contributed by atoms with Gasteiger partial charge >= 0.3 is 0 Å². The Labute approximate surface area is 109 Å². The molecular formula is C15H22N2O. The molecule has 1 saturated heterocycles. The van der Waals surface area contributed by atoms with Crippen LogP contribution in [0.1, 0.15) is 36.4 Å². The van der Waals surface area contributed by atoms with E-state index >= 15 is 0 Å². The van der Waals surface area contributed by atoms with Crippen LogP contribution in [0, 0.1) is 6.92 Å². The molecule has 2 atom stereocenters. The molecule has 3 heteroatoms. The van der Waals surface area contributed by atoms with E-state index in [4.69, 9.17) is 10.5 Å². The molecule has 2 fully saturated rings. The van der Waals surface area contributed by atoms with Crippen LogP contribution in [0.25, 0.3) is 0 Å². The Morgan fingerprint density at radius 1 is 1.28 bits per heavy atom. The maximum Gasteiger partial charge on any atom is 0.121 e. The number of ether oxygens (including phenoxy) is 1. The van der Waals surface area contributed by atoms with E-state index in [9.17, 15) is 0 Å². The first kappa shape index (κ1) is 12.0. The molecule has 1 aliphatic carbocycles. The molecule has 98 valence electrons. The fourth-order valence-corrected chi connectivity index (χ4v) is 3.18. The zero-order valence-electron chi connectivity index (χ0n) is 11.2. The van der Waals surface area contributed by atoms with E-state index in [1.807, 2.05) is 0 Å². The van der Waals surface area contributed by atoms with E-state index in [0.29, 0.717) is 6.04 Å². The summed E-state index contributed by atoms with van der Waals surface area (Å²) in [6.07, 6.45) is 3.81. The summed E-state index contributed by atoms with van der Waals surface area (Å²) in [5, 5.41) is 0. The van der Waals surface area contributed by atoms with E-state index in [-0.39, 0.29) is 6.04 Å². The smallest absolute Gasteiger partial charge is 0.121 e. The second kappa shape index (κ2) is 4.56. The Hall–Kier alpha value is -1.06. The summed E-state index contributed by atoms with van der Waals surface area (Å²) < 4.78 is 5.33. The molecule has 3 nitrogen and oxygen atoms in total. The van der Waals surface area contributed by atoms with Crippen LogP contribution in [-0.2, 0) is 0 Å². The minimum atomic E-state index is 0.276. The summed E-state index contributed by atoms with van der Waals surface area (Å²) >= 11 is 0. The molecular weight excluding hydrogens is 224 g/mol. The molecule has 0 aromatic heterocycles. The van der Waals surface area contributed by atoms with Crippen molar-refractivity contribution in [2.45, 2.75) is 44.3 Å². The van der Waals surface area contributed by atoms with Crippen molar-refractivity contribution >= 4 is 0 Å². The summed E-state index contributed by atoms with van der Waals surface area (Å²) in [6, 6.07) is 7.95. The van der Waals surface area contributed by atoms with Crippen LogP contribution in [0.3, 0.4) is 0 Å². The lowest BCUT2D eigenvalue weighted by Gasteiger charge is -2.27. The molecule has 1 aromatic rings. The number of rotatable bonds is 3. The third-order valence-corrected chi connectivity index (χ3v) is 4.26. The number of aryl methyl sites for hydroxylation is 1. The number of hydrogen-bond donors (Lipinski definition) is 1. The molecule has 1 aromatic carbocycles. The number of nitrogens with zero attached hydrogens (tertiary/aromatic N) is 1. The first-order valence-electron chi connectivity index (χ1n) is 6.86. The number of methoxy groups -OCH3 is 1. The lowest BCUT2D eigenvalue weighted by Crippen LogP contribution is -2.33. The minimum absolute atomic E-state index is 0.276. The maximum absolute atomic E-state index is 6.31. The van der Waals surface area contributed by atoms with E-state index in [0.717, 1.165) is 24.8 Å². The normalized spacial score (nSPS) is 28.6. The highest BCUT2D eigenvalue weighted by atomic mass is 16.5. The van der Waals surface area contributed by atoms with Crippen molar-refractivity contribution in [3.05, 3.63) is 29.3 Å². The third-order valence-electron chi connectivity index (χ3n) is 4.26. The van der Waals surface area contributed by atoms with Crippen molar-refractivity contribution in [2.75, 3.05) is 13.7 Å². The summed E-state index contributed by atoms with van der Waals surface area (Å²) in [4.78, 5) is 2.60. The van der Waals surface area contributed by atoms with Crippen molar-refractivity contribution in [3.63, 3.8) is 0 Å². The third kappa shape index (κ3) is 2.02. The van der Waals surface area contributed by atoms with E-state index in [1.165, 1.54) is 24.0 Å². The Morgan fingerprint density at radius 3 is 2.67 bits per heavy atom. The second-order valence-electron chi connectivity index (χ2n) is 5.60. The van der Waals surface area contributed by atoms with E-state index < -0.39 is 0 Å². The topological polar surface area (TPSA) is 38.5 Å². The number of benzene rings is 1. The minimum Gasteiger partial charge on any atom is -0.496 e. The zero-order valence-corrected chi connectivity index (χ0v) is 11.2. The van der Waals surface area contributed by atoms with Gasteiger partial charge in [-0.1, -0.05) is 12.1 Å². The average molecular weight is 246 g/mol. The summed E-state index contributed by atoms with van der Waals surface area (Å²) in [6.45, 7) is 3.26. The Bertz CT molecular complexity index is 442. The van der Waals surface area contributed by atoms with Crippen LogP contribution >= 0.6 is 0 Å².